The lowest BCUT2D eigenvalue weighted by Crippen LogP contribution is -2.23. The third kappa shape index (κ3) is 4.19. The van der Waals surface area contributed by atoms with Crippen LogP contribution >= 0.6 is 11.8 Å². The van der Waals surface area contributed by atoms with Gasteiger partial charge in [-0.25, -0.2) is 8.78 Å². The number of aromatic hydroxyl groups is 1. The lowest BCUT2D eigenvalue weighted by atomic mass is 10.3. The number of phenols is 1. The van der Waals surface area contributed by atoms with Crippen LogP contribution in [0.5, 0.6) is 5.75 Å². The van der Waals surface area contributed by atoms with E-state index in [1.807, 2.05) is 0 Å². The van der Waals surface area contributed by atoms with E-state index >= 15 is 0 Å². The third-order valence-corrected chi connectivity index (χ3v) is 3.82. The topological polar surface area (TPSA) is 49.3 Å². The molecule has 2 N–H and O–H groups in total. The summed E-state index contributed by atoms with van der Waals surface area (Å²) >= 11 is 1.25. The fourth-order valence-electron chi connectivity index (χ4n) is 1.61. The molecule has 21 heavy (non-hydrogen) atoms. The van der Waals surface area contributed by atoms with Crippen LogP contribution in [0, 0.1) is 11.6 Å². The fraction of sp³-hybridized carbons (Fsp3) is 0.133. The van der Waals surface area contributed by atoms with Crippen LogP contribution in [-0.2, 0) is 4.79 Å². The zero-order chi connectivity index (χ0) is 15.4. The van der Waals surface area contributed by atoms with Gasteiger partial charge in [0.1, 0.15) is 17.4 Å². The van der Waals surface area contributed by atoms with Gasteiger partial charge in [-0.15, -0.1) is 11.8 Å². The van der Waals surface area contributed by atoms with Gasteiger partial charge in [0, 0.05) is 11.0 Å². The average Bonchev–Trinajstić information content (AvgIpc) is 2.45. The van der Waals surface area contributed by atoms with Crippen molar-refractivity contribution in [2.24, 2.45) is 0 Å². The van der Waals surface area contributed by atoms with Crippen molar-refractivity contribution in [2.45, 2.75) is 17.1 Å². The Labute approximate surface area is 125 Å². The van der Waals surface area contributed by atoms with Crippen LogP contribution < -0.4 is 5.32 Å². The van der Waals surface area contributed by atoms with E-state index in [4.69, 9.17) is 0 Å². The molecule has 1 atom stereocenters. The molecule has 2 rings (SSSR count). The highest BCUT2D eigenvalue weighted by Gasteiger charge is 2.16. The van der Waals surface area contributed by atoms with Crippen molar-refractivity contribution in [3.8, 4) is 5.75 Å². The Morgan fingerprint density at radius 1 is 1.19 bits per heavy atom. The minimum Gasteiger partial charge on any atom is -0.508 e. The summed E-state index contributed by atoms with van der Waals surface area (Å²) in [4.78, 5) is 12.8. The molecule has 0 unspecified atom stereocenters. The van der Waals surface area contributed by atoms with Gasteiger partial charge in [-0.05, 0) is 43.3 Å². The monoisotopic (exact) mass is 309 g/mol. The summed E-state index contributed by atoms with van der Waals surface area (Å²) in [6.45, 7) is 1.66. The van der Waals surface area contributed by atoms with E-state index in [1.165, 1.54) is 23.9 Å². The first-order chi connectivity index (χ1) is 9.95. The van der Waals surface area contributed by atoms with Gasteiger partial charge < -0.3 is 10.4 Å². The van der Waals surface area contributed by atoms with Crippen LogP contribution in [0.25, 0.3) is 0 Å². The van der Waals surface area contributed by atoms with E-state index in [0.29, 0.717) is 0 Å². The van der Waals surface area contributed by atoms with Gasteiger partial charge in [-0.3, -0.25) is 4.79 Å². The number of carbonyl (C=O) groups is 1. The summed E-state index contributed by atoms with van der Waals surface area (Å²) in [7, 11) is 0. The minimum atomic E-state index is -0.688. The predicted molar refractivity (Wildman–Crippen MR) is 78.4 cm³/mol. The van der Waals surface area contributed by atoms with Crippen LogP contribution in [0.1, 0.15) is 6.92 Å². The van der Waals surface area contributed by atoms with E-state index in [2.05, 4.69) is 5.32 Å². The molecule has 2 aromatic rings. The molecule has 0 fully saturated rings. The van der Waals surface area contributed by atoms with Crippen LogP contribution in [0.3, 0.4) is 0 Å². The molecule has 2 aromatic carbocycles. The molecule has 0 saturated carbocycles. The van der Waals surface area contributed by atoms with Crippen molar-refractivity contribution >= 4 is 23.4 Å². The summed E-state index contributed by atoms with van der Waals surface area (Å²) in [6, 6.07) is 9.25. The lowest BCUT2D eigenvalue weighted by Gasteiger charge is -2.12. The van der Waals surface area contributed by atoms with E-state index < -0.39 is 22.8 Å². The number of hydrogen-bond donors (Lipinski definition) is 2. The number of rotatable bonds is 4. The van der Waals surface area contributed by atoms with Gasteiger partial charge in [0.15, 0.2) is 0 Å². The SMILES string of the molecule is C[C@H](Sc1ccc(O)cc1)C(=O)Nc1cc(F)ccc1F. The van der Waals surface area contributed by atoms with E-state index in [-0.39, 0.29) is 11.4 Å². The average molecular weight is 309 g/mol. The number of benzene rings is 2. The number of anilines is 1. The Morgan fingerprint density at radius 3 is 2.52 bits per heavy atom. The summed E-state index contributed by atoms with van der Waals surface area (Å²) in [5, 5.41) is 11.0. The molecule has 0 saturated heterocycles. The first-order valence-corrected chi connectivity index (χ1v) is 7.05. The Hall–Kier alpha value is -2.08. The van der Waals surface area contributed by atoms with Crippen molar-refractivity contribution in [1.29, 1.82) is 0 Å². The zero-order valence-electron chi connectivity index (χ0n) is 11.1. The van der Waals surface area contributed by atoms with Crippen LogP contribution in [0.4, 0.5) is 14.5 Å². The zero-order valence-corrected chi connectivity index (χ0v) is 12.0. The van der Waals surface area contributed by atoms with E-state index in [0.717, 1.165) is 23.1 Å². The largest absolute Gasteiger partial charge is 0.508 e. The highest BCUT2D eigenvalue weighted by molar-refractivity contribution is 8.00. The summed E-state index contributed by atoms with van der Waals surface area (Å²) < 4.78 is 26.5. The van der Waals surface area contributed by atoms with Crippen LogP contribution in [0.15, 0.2) is 47.4 Å². The van der Waals surface area contributed by atoms with Gasteiger partial charge in [0.05, 0.1) is 10.9 Å². The molecule has 0 aliphatic heterocycles. The Morgan fingerprint density at radius 2 is 1.86 bits per heavy atom. The molecular weight excluding hydrogens is 296 g/mol. The second-order valence-corrected chi connectivity index (χ2v) is 5.78. The van der Waals surface area contributed by atoms with Crippen molar-refractivity contribution in [1.82, 2.24) is 0 Å². The first-order valence-electron chi connectivity index (χ1n) is 6.17. The van der Waals surface area contributed by atoms with Gasteiger partial charge in [-0.2, -0.15) is 0 Å². The van der Waals surface area contributed by atoms with E-state index in [1.54, 1.807) is 19.1 Å². The van der Waals surface area contributed by atoms with Crippen molar-refractivity contribution in [3.05, 3.63) is 54.1 Å². The molecule has 0 aliphatic rings. The second kappa shape index (κ2) is 6.58. The number of hydrogen-bond acceptors (Lipinski definition) is 3. The van der Waals surface area contributed by atoms with Gasteiger partial charge in [-0.1, -0.05) is 0 Å². The molecular formula is C15H13F2NO2S. The quantitative estimate of drug-likeness (QED) is 0.845. The second-order valence-electron chi connectivity index (χ2n) is 4.37. The number of halogens is 2. The molecule has 1 amide bonds. The van der Waals surface area contributed by atoms with Crippen molar-refractivity contribution < 1.29 is 18.7 Å². The molecule has 0 bridgehead atoms. The summed E-state index contributed by atoms with van der Waals surface area (Å²) in [6.07, 6.45) is 0. The summed E-state index contributed by atoms with van der Waals surface area (Å²) in [5.74, 6) is -1.60. The molecule has 0 aliphatic carbocycles. The van der Waals surface area contributed by atoms with Crippen molar-refractivity contribution in [2.75, 3.05) is 5.32 Å². The van der Waals surface area contributed by atoms with Crippen LogP contribution in [0.2, 0.25) is 0 Å². The number of amides is 1. The molecule has 110 valence electrons. The van der Waals surface area contributed by atoms with Gasteiger partial charge in [0.25, 0.3) is 0 Å². The maximum atomic E-state index is 13.4. The van der Waals surface area contributed by atoms with Gasteiger partial charge in [0.2, 0.25) is 5.91 Å². The maximum Gasteiger partial charge on any atom is 0.237 e. The smallest absolute Gasteiger partial charge is 0.237 e. The highest BCUT2D eigenvalue weighted by Crippen LogP contribution is 2.26. The Balaban J connectivity index is 2.02. The first kappa shape index (κ1) is 15.3. The Bertz CT molecular complexity index is 647. The molecule has 0 spiro atoms. The van der Waals surface area contributed by atoms with Gasteiger partial charge >= 0.3 is 0 Å². The Kier molecular flexibility index (Phi) is 4.80. The minimum absolute atomic E-state index is 0.137. The number of carbonyl (C=O) groups excluding carboxylic acids is 1. The normalized spacial score (nSPS) is 12.0. The standard InChI is InChI=1S/C15H13F2NO2S/c1-9(21-12-5-3-11(19)4-6-12)15(20)18-14-8-10(16)2-7-13(14)17/h2-9,19H,1H3,(H,18,20)/t9-/m0/s1. The molecule has 6 heteroatoms. The maximum absolute atomic E-state index is 13.4. The predicted octanol–water partition coefficient (Wildman–Crippen LogP) is 3.79. The number of thioether (sulfide) groups is 1. The van der Waals surface area contributed by atoms with Crippen molar-refractivity contribution in [3.63, 3.8) is 0 Å². The fourth-order valence-corrected chi connectivity index (χ4v) is 2.48. The molecule has 0 radical (unpaired) electrons. The molecule has 0 aromatic heterocycles. The highest BCUT2D eigenvalue weighted by atomic mass is 32.2. The van der Waals surface area contributed by atoms with E-state index in [9.17, 15) is 18.7 Å². The summed E-state index contributed by atoms with van der Waals surface area (Å²) in [5.41, 5.74) is -0.182. The molecule has 3 nitrogen and oxygen atoms in total. The third-order valence-electron chi connectivity index (χ3n) is 2.71. The number of nitrogens with one attached hydrogen (secondary N) is 1. The van der Waals surface area contributed by atoms with Crippen LogP contribution in [-0.4, -0.2) is 16.3 Å². The lowest BCUT2D eigenvalue weighted by molar-refractivity contribution is -0.115. The number of phenolic OH excluding ortho intramolecular Hbond substituents is 1. The molecule has 0 heterocycles.